The van der Waals surface area contributed by atoms with Crippen molar-refractivity contribution in [2.75, 3.05) is 36.4 Å². The minimum atomic E-state index is -3.55. The van der Waals surface area contributed by atoms with E-state index in [4.69, 9.17) is 0 Å². The number of aromatic nitrogens is 5. The van der Waals surface area contributed by atoms with Crippen LogP contribution in [-0.4, -0.2) is 63.8 Å². The summed E-state index contributed by atoms with van der Waals surface area (Å²) in [6, 6.07) is 7.44. The number of anilines is 3. The molecule has 1 saturated heterocycles. The van der Waals surface area contributed by atoms with Gasteiger partial charge in [0.05, 0.1) is 12.5 Å². The maximum Gasteiger partial charge on any atom is 0.260 e. The second-order valence-electron chi connectivity index (χ2n) is 6.31. The molecule has 1 aliphatic rings. The summed E-state index contributed by atoms with van der Waals surface area (Å²) >= 11 is 0. The van der Waals surface area contributed by atoms with Gasteiger partial charge in [-0.25, -0.2) is 28.4 Å². The molecule has 3 aromatic rings. The number of aromatic amines is 1. The Hall–Kier alpha value is -3.05. The molecular weight excluding hydrogens is 380 g/mol. The average molecular weight is 400 g/mol. The summed E-state index contributed by atoms with van der Waals surface area (Å²) in [5, 5.41) is 3.28. The number of nitrogens with one attached hydrogen (secondary N) is 2. The van der Waals surface area contributed by atoms with Crippen LogP contribution in [0.3, 0.4) is 0 Å². The number of piperazine rings is 1. The second kappa shape index (κ2) is 7.52. The monoisotopic (exact) mass is 400 g/mol. The molecule has 1 aliphatic heterocycles. The Morgan fingerprint density at radius 3 is 2.61 bits per heavy atom. The van der Waals surface area contributed by atoms with E-state index in [-0.39, 0.29) is 5.03 Å². The van der Waals surface area contributed by atoms with Crippen LogP contribution in [0.2, 0.25) is 0 Å². The van der Waals surface area contributed by atoms with E-state index in [0.717, 1.165) is 5.82 Å². The van der Waals surface area contributed by atoms with E-state index in [1.807, 2.05) is 31.2 Å². The van der Waals surface area contributed by atoms with Gasteiger partial charge in [-0.15, -0.1) is 0 Å². The molecule has 0 saturated carbocycles. The van der Waals surface area contributed by atoms with Crippen molar-refractivity contribution >= 4 is 27.5 Å². The van der Waals surface area contributed by atoms with Gasteiger partial charge in [0.1, 0.15) is 23.3 Å². The molecule has 0 radical (unpaired) electrons. The lowest BCUT2D eigenvalue weighted by Crippen LogP contribution is -2.49. The Morgan fingerprint density at radius 2 is 1.93 bits per heavy atom. The van der Waals surface area contributed by atoms with Crippen LogP contribution in [0.5, 0.6) is 0 Å². The summed E-state index contributed by atoms with van der Waals surface area (Å²) in [6.45, 7) is 3.63. The zero-order valence-corrected chi connectivity index (χ0v) is 16.1. The Morgan fingerprint density at radius 1 is 1.11 bits per heavy atom. The third kappa shape index (κ3) is 3.80. The van der Waals surface area contributed by atoms with E-state index in [2.05, 4.69) is 35.1 Å². The van der Waals surface area contributed by atoms with E-state index < -0.39 is 10.0 Å². The summed E-state index contributed by atoms with van der Waals surface area (Å²) in [4.78, 5) is 21.7. The minimum Gasteiger partial charge on any atom is -0.354 e. The average Bonchev–Trinajstić information content (AvgIpc) is 3.24. The fourth-order valence-electron chi connectivity index (χ4n) is 3.03. The maximum absolute atomic E-state index is 12.6. The van der Waals surface area contributed by atoms with Gasteiger partial charge in [0.2, 0.25) is 0 Å². The summed E-state index contributed by atoms with van der Waals surface area (Å²) < 4.78 is 26.6. The van der Waals surface area contributed by atoms with Crippen LogP contribution < -0.4 is 10.2 Å². The molecule has 0 atom stereocenters. The Labute approximate surface area is 162 Å². The number of rotatable bonds is 5. The van der Waals surface area contributed by atoms with E-state index in [9.17, 15) is 8.42 Å². The Kier molecular flexibility index (Phi) is 4.92. The van der Waals surface area contributed by atoms with Crippen molar-refractivity contribution < 1.29 is 8.42 Å². The van der Waals surface area contributed by atoms with E-state index in [0.29, 0.717) is 43.6 Å². The van der Waals surface area contributed by atoms with Gasteiger partial charge in [0.25, 0.3) is 10.0 Å². The van der Waals surface area contributed by atoms with Gasteiger partial charge in [0, 0.05) is 38.4 Å². The molecule has 0 unspecified atom stereocenters. The highest BCUT2D eigenvalue weighted by Gasteiger charge is 2.30. The van der Waals surface area contributed by atoms with Gasteiger partial charge in [-0.2, -0.15) is 4.31 Å². The fraction of sp³-hybridized carbons (Fsp3) is 0.294. The van der Waals surface area contributed by atoms with Gasteiger partial charge in [-0.3, -0.25) is 0 Å². The largest absolute Gasteiger partial charge is 0.354 e. The number of pyridine rings is 1. The molecule has 2 N–H and O–H groups in total. The van der Waals surface area contributed by atoms with Crippen LogP contribution in [0.25, 0.3) is 0 Å². The van der Waals surface area contributed by atoms with Crippen molar-refractivity contribution in [1.29, 1.82) is 0 Å². The predicted molar refractivity (Wildman–Crippen MR) is 104 cm³/mol. The number of imidazole rings is 1. The van der Waals surface area contributed by atoms with Crippen molar-refractivity contribution in [2.24, 2.45) is 0 Å². The summed E-state index contributed by atoms with van der Waals surface area (Å²) in [6.07, 6.45) is 4.39. The molecule has 10 nitrogen and oxygen atoms in total. The first-order valence-electron chi connectivity index (χ1n) is 8.79. The van der Waals surface area contributed by atoms with E-state index >= 15 is 0 Å². The van der Waals surface area contributed by atoms with E-state index in [1.54, 1.807) is 6.20 Å². The third-order valence-electron chi connectivity index (χ3n) is 4.40. The third-order valence-corrected chi connectivity index (χ3v) is 6.22. The quantitative estimate of drug-likeness (QED) is 0.655. The molecule has 0 aliphatic carbocycles. The first-order chi connectivity index (χ1) is 13.5. The number of H-pyrrole nitrogens is 1. The summed E-state index contributed by atoms with van der Waals surface area (Å²) in [5.41, 5.74) is 0. The number of hydrogen-bond donors (Lipinski definition) is 2. The van der Waals surface area contributed by atoms with Crippen LogP contribution in [0.15, 0.2) is 48.0 Å². The molecule has 0 spiro atoms. The van der Waals surface area contributed by atoms with Gasteiger partial charge < -0.3 is 15.2 Å². The lowest BCUT2D eigenvalue weighted by molar-refractivity contribution is 0.382. The lowest BCUT2D eigenvalue weighted by Gasteiger charge is -2.34. The molecule has 3 aromatic heterocycles. The zero-order chi connectivity index (χ0) is 19.6. The molecule has 28 heavy (non-hydrogen) atoms. The second-order valence-corrected chi connectivity index (χ2v) is 8.21. The Bertz CT molecular complexity index is 1030. The molecule has 11 heteroatoms. The maximum atomic E-state index is 12.6. The van der Waals surface area contributed by atoms with Crippen molar-refractivity contribution in [3.63, 3.8) is 0 Å². The number of aryl methyl sites for hydroxylation is 1. The molecule has 0 aromatic carbocycles. The first kappa shape index (κ1) is 18.3. The van der Waals surface area contributed by atoms with E-state index in [1.165, 1.54) is 16.8 Å². The smallest absolute Gasteiger partial charge is 0.260 e. The zero-order valence-electron chi connectivity index (χ0n) is 15.3. The molecule has 4 rings (SSSR count). The fourth-order valence-corrected chi connectivity index (χ4v) is 4.34. The summed E-state index contributed by atoms with van der Waals surface area (Å²) in [5.74, 6) is 2.73. The normalized spacial score (nSPS) is 15.5. The van der Waals surface area contributed by atoms with Gasteiger partial charge in [-0.1, -0.05) is 6.07 Å². The SMILES string of the molecule is Cc1nc(Nc2ccccn2)cc(N2CCN(S(=O)(=O)c3cnc[nH]3)CC2)n1. The van der Waals surface area contributed by atoms with Crippen LogP contribution in [0.1, 0.15) is 5.82 Å². The van der Waals surface area contributed by atoms with Crippen molar-refractivity contribution in [1.82, 2.24) is 29.2 Å². The predicted octanol–water partition coefficient (Wildman–Crippen LogP) is 1.16. The summed E-state index contributed by atoms with van der Waals surface area (Å²) in [7, 11) is -3.55. The molecule has 4 heterocycles. The van der Waals surface area contributed by atoms with Gasteiger partial charge in [0.15, 0.2) is 5.03 Å². The molecule has 1 fully saturated rings. The number of hydrogen-bond acceptors (Lipinski definition) is 8. The Balaban J connectivity index is 1.47. The van der Waals surface area contributed by atoms with Crippen LogP contribution in [0, 0.1) is 6.92 Å². The topological polar surface area (TPSA) is 120 Å². The van der Waals surface area contributed by atoms with Crippen molar-refractivity contribution in [2.45, 2.75) is 11.9 Å². The highest BCUT2D eigenvalue weighted by molar-refractivity contribution is 7.89. The first-order valence-corrected chi connectivity index (χ1v) is 10.2. The molecular formula is C17H20N8O2S. The minimum absolute atomic E-state index is 0.112. The van der Waals surface area contributed by atoms with Gasteiger partial charge >= 0.3 is 0 Å². The molecule has 146 valence electrons. The van der Waals surface area contributed by atoms with Crippen molar-refractivity contribution in [3.8, 4) is 0 Å². The standard InChI is InChI=1S/C17H20N8O2S/c1-13-21-15(23-14-4-2-3-5-19-14)10-16(22-13)24-6-8-25(9-7-24)28(26,27)17-11-18-12-20-17/h2-5,10-12H,6-9H2,1H3,(H,18,20)(H,19,21,22,23). The van der Waals surface area contributed by atoms with Gasteiger partial charge in [-0.05, 0) is 19.1 Å². The number of nitrogens with zero attached hydrogens (tertiary/aromatic N) is 6. The van der Waals surface area contributed by atoms with Crippen LogP contribution in [-0.2, 0) is 10.0 Å². The molecule has 0 bridgehead atoms. The highest BCUT2D eigenvalue weighted by Crippen LogP contribution is 2.22. The highest BCUT2D eigenvalue weighted by atomic mass is 32.2. The number of sulfonamides is 1. The lowest BCUT2D eigenvalue weighted by atomic mass is 10.3. The van der Waals surface area contributed by atoms with Crippen LogP contribution in [0.4, 0.5) is 17.5 Å². The van der Waals surface area contributed by atoms with Crippen LogP contribution >= 0.6 is 0 Å². The molecule has 0 amide bonds. The van der Waals surface area contributed by atoms with Crippen molar-refractivity contribution in [3.05, 3.63) is 48.8 Å².